The molecule has 0 aliphatic rings. The number of benzene rings is 1. The number of carbonyl (C=O) groups excluding carboxylic acids is 1. The molecule has 4 heteroatoms. The van der Waals surface area contributed by atoms with Gasteiger partial charge in [-0.15, -0.1) is 0 Å². The van der Waals surface area contributed by atoms with E-state index in [9.17, 15) is 4.79 Å². The lowest BCUT2D eigenvalue weighted by Crippen LogP contribution is -2.46. The fourth-order valence-electron chi connectivity index (χ4n) is 1.80. The molecule has 0 saturated heterocycles. The SMILES string of the molecule is CC(C)(C)CC(NC=S)NC(=O)/C=C/c1ccccc1. The summed E-state index contributed by atoms with van der Waals surface area (Å²) < 4.78 is 0. The van der Waals surface area contributed by atoms with Gasteiger partial charge in [0.1, 0.15) is 0 Å². The predicted molar refractivity (Wildman–Crippen MR) is 88.3 cm³/mol. The van der Waals surface area contributed by atoms with Gasteiger partial charge in [-0.2, -0.15) is 0 Å². The molecule has 20 heavy (non-hydrogen) atoms. The van der Waals surface area contributed by atoms with Crippen LogP contribution in [0.5, 0.6) is 0 Å². The fraction of sp³-hybridized carbons (Fsp3) is 0.375. The first-order valence-corrected chi connectivity index (χ1v) is 7.11. The Hall–Kier alpha value is -1.68. The van der Waals surface area contributed by atoms with Gasteiger partial charge in [0.05, 0.1) is 11.7 Å². The summed E-state index contributed by atoms with van der Waals surface area (Å²) in [6.07, 6.45) is 3.97. The minimum Gasteiger partial charge on any atom is -0.362 e. The highest BCUT2D eigenvalue weighted by atomic mass is 32.1. The van der Waals surface area contributed by atoms with Gasteiger partial charge in [0, 0.05) is 6.08 Å². The summed E-state index contributed by atoms with van der Waals surface area (Å²) in [6.45, 7) is 6.37. The second-order valence-corrected chi connectivity index (χ2v) is 6.09. The van der Waals surface area contributed by atoms with E-state index in [4.69, 9.17) is 12.2 Å². The van der Waals surface area contributed by atoms with Crippen molar-refractivity contribution in [3.8, 4) is 0 Å². The van der Waals surface area contributed by atoms with Gasteiger partial charge in [-0.25, -0.2) is 0 Å². The van der Waals surface area contributed by atoms with E-state index < -0.39 is 0 Å². The Bertz CT molecular complexity index is 463. The second-order valence-electron chi connectivity index (χ2n) is 5.85. The molecule has 3 nitrogen and oxygen atoms in total. The molecule has 1 aromatic carbocycles. The van der Waals surface area contributed by atoms with Crippen molar-refractivity contribution in [1.29, 1.82) is 0 Å². The summed E-state index contributed by atoms with van der Waals surface area (Å²) in [7, 11) is 0. The zero-order valence-electron chi connectivity index (χ0n) is 12.2. The second kappa shape index (κ2) is 7.80. The molecule has 1 amide bonds. The van der Waals surface area contributed by atoms with E-state index in [0.717, 1.165) is 12.0 Å². The molecule has 0 saturated carbocycles. The summed E-state index contributed by atoms with van der Waals surface area (Å²) in [5.74, 6) is -0.132. The first-order valence-electron chi connectivity index (χ1n) is 6.64. The van der Waals surface area contributed by atoms with Gasteiger partial charge in [-0.3, -0.25) is 4.79 Å². The molecule has 2 N–H and O–H groups in total. The van der Waals surface area contributed by atoms with Crippen LogP contribution in [0.4, 0.5) is 0 Å². The number of hydrogen-bond acceptors (Lipinski definition) is 2. The maximum absolute atomic E-state index is 11.9. The number of amides is 1. The van der Waals surface area contributed by atoms with Crippen molar-refractivity contribution >= 4 is 29.7 Å². The summed E-state index contributed by atoms with van der Waals surface area (Å²) in [5.41, 5.74) is 2.54. The Morgan fingerprint density at radius 2 is 1.95 bits per heavy atom. The van der Waals surface area contributed by atoms with Crippen molar-refractivity contribution in [2.45, 2.75) is 33.4 Å². The molecule has 0 spiro atoms. The van der Waals surface area contributed by atoms with Gasteiger partial charge in [-0.05, 0) is 23.5 Å². The number of thiocarbonyl (C=S) groups is 1. The average Bonchev–Trinajstić information content (AvgIpc) is 2.36. The maximum atomic E-state index is 11.9. The van der Waals surface area contributed by atoms with Crippen LogP contribution in [0.2, 0.25) is 0 Å². The third-order valence-electron chi connectivity index (χ3n) is 2.63. The molecule has 0 aliphatic carbocycles. The van der Waals surface area contributed by atoms with Gasteiger partial charge >= 0.3 is 0 Å². The quantitative estimate of drug-likeness (QED) is 0.480. The van der Waals surface area contributed by atoms with E-state index in [1.54, 1.807) is 6.08 Å². The zero-order chi connectivity index (χ0) is 15.0. The monoisotopic (exact) mass is 290 g/mol. The highest BCUT2D eigenvalue weighted by molar-refractivity contribution is 7.78. The molecule has 0 bridgehead atoms. The Morgan fingerprint density at radius 3 is 2.50 bits per heavy atom. The molecule has 1 rings (SSSR count). The summed E-state index contributed by atoms with van der Waals surface area (Å²) in [6, 6.07) is 9.72. The topological polar surface area (TPSA) is 41.1 Å². The van der Waals surface area contributed by atoms with Gasteiger partial charge in [-0.1, -0.05) is 63.3 Å². The van der Waals surface area contributed by atoms with E-state index in [0.29, 0.717) is 0 Å². The van der Waals surface area contributed by atoms with Crippen molar-refractivity contribution in [2.24, 2.45) is 5.41 Å². The average molecular weight is 290 g/mol. The van der Waals surface area contributed by atoms with Crippen molar-refractivity contribution in [3.63, 3.8) is 0 Å². The van der Waals surface area contributed by atoms with Crippen molar-refractivity contribution in [3.05, 3.63) is 42.0 Å². The van der Waals surface area contributed by atoms with E-state index in [-0.39, 0.29) is 17.5 Å². The molecular weight excluding hydrogens is 268 g/mol. The van der Waals surface area contributed by atoms with Gasteiger partial charge in [0.2, 0.25) is 5.91 Å². The van der Waals surface area contributed by atoms with Crippen LogP contribution in [0.15, 0.2) is 36.4 Å². The third-order valence-corrected chi connectivity index (χ3v) is 2.77. The molecule has 0 aliphatic heterocycles. The van der Waals surface area contributed by atoms with Crippen LogP contribution in [-0.2, 0) is 4.79 Å². The molecule has 0 radical (unpaired) electrons. The zero-order valence-corrected chi connectivity index (χ0v) is 13.0. The Balaban J connectivity index is 2.58. The highest BCUT2D eigenvalue weighted by Crippen LogP contribution is 2.19. The van der Waals surface area contributed by atoms with Gasteiger partial charge in [0.25, 0.3) is 0 Å². The minimum atomic E-state index is -0.152. The van der Waals surface area contributed by atoms with E-state index in [2.05, 4.69) is 31.4 Å². The smallest absolute Gasteiger partial charge is 0.245 e. The van der Waals surface area contributed by atoms with E-state index in [1.807, 2.05) is 30.3 Å². The van der Waals surface area contributed by atoms with Gasteiger partial charge < -0.3 is 10.6 Å². The lowest BCUT2D eigenvalue weighted by Gasteiger charge is -2.26. The molecule has 108 valence electrons. The summed E-state index contributed by atoms with van der Waals surface area (Å²) in [4.78, 5) is 11.9. The Kier molecular flexibility index (Phi) is 6.39. The largest absolute Gasteiger partial charge is 0.362 e. The van der Waals surface area contributed by atoms with Crippen LogP contribution in [0, 0.1) is 5.41 Å². The predicted octanol–water partition coefficient (Wildman–Crippen LogP) is 3.13. The lowest BCUT2D eigenvalue weighted by atomic mass is 9.90. The van der Waals surface area contributed by atoms with Crippen LogP contribution in [-0.4, -0.2) is 17.6 Å². The number of carbonyl (C=O) groups is 1. The Morgan fingerprint density at radius 1 is 1.30 bits per heavy atom. The summed E-state index contributed by atoms with van der Waals surface area (Å²) >= 11 is 4.81. The van der Waals surface area contributed by atoms with E-state index >= 15 is 0 Å². The Labute approximate surface area is 126 Å². The molecule has 1 unspecified atom stereocenters. The molecule has 1 aromatic rings. The van der Waals surface area contributed by atoms with Gasteiger partial charge in [0.15, 0.2) is 0 Å². The standard InChI is InChI=1S/C16H22N2OS/c1-16(2,3)11-14(17-12-20)18-15(19)10-9-13-7-5-4-6-8-13/h4-10,12,14H,11H2,1-3H3,(H,17,20)(H,18,19)/b10-9+. The number of nitrogens with one attached hydrogen (secondary N) is 2. The first kappa shape index (κ1) is 16.4. The highest BCUT2D eigenvalue weighted by Gasteiger charge is 2.18. The fourth-order valence-corrected chi connectivity index (χ4v) is 1.97. The molecule has 0 aromatic heterocycles. The van der Waals surface area contributed by atoms with Crippen molar-refractivity contribution < 1.29 is 4.79 Å². The molecular formula is C16H22N2OS. The normalized spacial score (nSPS) is 12.9. The van der Waals surface area contributed by atoms with Crippen LogP contribution < -0.4 is 10.6 Å². The first-order chi connectivity index (χ1) is 9.40. The van der Waals surface area contributed by atoms with Crippen LogP contribution in [0.25, 0.3) is 6.08 Å². The molecule has 1 atom stereocenters. The van der Waals surface area contributed by atoms with Crippen LogP contribution in [0.1, 0.15) is 32.8 Å². The molecule has 0 fully saturated rings. The van der Waals surface area contributed by atoms with Crippen molar-refractivity contribution in [1.82, 2.24) is 10.6 Å². The van der Waals surface area contributed by atoms with E-state index in [1.165, 1.54) is 11.6 Å². The minimum absolute atomic E-state index is 0.104. The number of hydrogen-bond donors (Lipinski definition) is 2. The molecule has 0 heterocycles. The van der Waals surface area contributed by atoms with Crippen molar-refractivity contribution in [2.75, 3.05) is 0 Å². The van der Waals surface area contributed by atoms with Crippen LogP contribution >= 0.6 is 12.2 Å². The third kappa shape index (κ3) is 7.04. The van der Waals surface area contributed by atoms with Crippen LogP contribution in [0.3, 0.4) is 0 Å². The summed E-state index contributed by atoms with van der Waals surface area (Å²) in [5, 5.41) is 5.90. The lowest BCUT2D eigenvalue weighted by molar-refractivity contribution is -0.117. The number of rotatable bonds is 6. The maximum Gasteiger partial charge on any atom is 0.245 e.